The van der Waals surface area contributed by atoms with Gasteiger partial charge in [-0.1, -0.05) is 25.5 Å². The van der Waals surface area contributed by atoms with Crippen molar-refractivity contribution < 1.29 is 9.90 Å². The molecule has 0 aliphatic carbocycles. The number of nitrogens with one attached hydrogen (secondary N) is 1. The van der Waals surface area contributed by atoms with Gasteiger partial charge in [0.05, 0.1) is 0 Å². The first-order valence-electron chi connectivity index (χ1n) is 9.40. The Labute approximate surface area is 170 Å². The molecule has 0 bridgehead atoms. The van der Waals surface area contributed by atoms with Crippen molar-refractivity contribution >= 4 is 23.4 Å². The van der Waals surface area contributed by atoms with Crippen LogP contribution in [0.5, 0.6) is 5.75 Å². The van der Waals surface area contributed by atoms with Gasteiger partial charge in [-0.3, -0.25) is 9.78 Å². The van der Waals surface area contributed by atoms with Gasteiger partial charge in [0.2, 0.25) is 0 Å². The normalized spacial score (nSPS) is 10.6. The molecule has 5 heteroatoms. The zero-order chi connectivity index (χ0) is 19.8. The minimum Gasteiger partial charge on any atom is -0.508 e. The van der Waals surface area contributed by atoms with Crippen molar-refractivity contribution in [3.8, 4) is 5.75 Å². The van der Waals surface area contributed by atoms with Crippen LogP contribution in [0.4, 0.5) is 5.69 Å². The molecule has 3 rings (SSSR count). The number of amides is 1. The van der Waals surface area contributed by atoms with Crippen LogP contribution in [0.15, 0.2) is 71.9 Å². The first kappa shape index (κ1) is 20.0. The molecule has 2 aromatic carbocycles. The summed E-state index contributed by atoms with van der Waals surface area (Å²) in [6.07, 6.45) is 6.42. The zero-order valence-corrected chi connectivity index (χ0v) is 16.7. The highest BCUT2D eigenvalue weighted by atomic mass is 32.2. The van der Waals surface area contributed by atoms with E-state index in [1.54, 1.807) is 36.2 Å². The molecule has 3 aromatic rings. The number of hydrogen-bond acceptors (Lipinski definition) is 4. The van der Waals surface area contributed by atoms with Crippen LogP contribution >= 0.6 is 11.8 Å². The van der Waals surface area contributed by atoms with Crippen molar-refractivity contribution in [3.05, 3.63) is 83.7 Å². The van der Waals surface area contributed by atoms with Crippen molar-refractivity contribution in [2.75, 3.05) is 5.32 Å². The van der Waals surface area contributed by atoms with Crippen LogP contribution in [0.2, 0.25) is 0 Å². The Hall–Kier alpha value is -2.79. The lowest BCUT2D eigenvalue weighted by atomic mass is 10.0. The monoisotopic (exact) mass is 392 g/mol. The number of anilines is 1. The number of aromatic hydroxyl groups is 1. The summed E-state index contributed by atoms with van der Waals surface area (Å²) < 4.78 is 0. The number of unbranched alkanes of at least 4 members (excludes halogenated alkanes) is 1. The number of benzene rings is 2. The summed E-state index contributed by atoms with van der Waals surface area (Å²) in [6.45, 7) is 2.10. The molecule has 0 spiro atoms. The van der Waals surface area contributed by atoms with Gasteiger partial charge in [-0.05, 0) is 66.4 Å². The number of aromatic nitrogens is 1. The Balaban J connectivity index is 1.65. The smallest absolute Gasteiger partial charge is 0.255 e. The Bertz CT molecular complexity index is 929. The molecule has 0 unspecified atom stereocenters. The number of carbonyl (C=O) groups excluding carboxylic acids is 1. The fourth-order valence-electron chi connectivity index (χ4n) is 2.81. The van der Waals surface area contributed by atoms with E-state index in [4.69, 9.17) is 0 Å². The fraction of sp³-hybridized carbons (Fsp3) is 0.217. The highest BCUT2D eigenvalue weighted by Crippen LogP contribution is 2.26. The van der Waals surface area contributed by atoms with Crippen LogP contribution in [0.1, 0.15) is 41.3 Å². The zero-order valence-electron chi connectivity index (χ0n) is 15.9. The summed E-state index contributed by atoms with van der Waals surface area (Å²) >= 11 is 1.70. The van der Waals surface area contributed by atoms with E-state index in [0.29, 0.717) is 5.56 Å². The number of phenols is 1. The summed E-state index contributed by atoms with van der Waals surface area (Å²) in [5, 5.41) is 12.9. The van der Waals surface area contributed by atoms with E-state index < -0.39 is 0 Å². The first-order valence-corrected chi connectivity index (χ1v) is 10.4. The van der Waals surface area contributed by atoms with Gasteiger partial charge in [-0.2, -0.15) is 0 Å². The van der Waals surface area contributed by atoms with Gasteiger partial charge in [0.1, 0.15) is 5.75 Å². The number of carbonyl (C=O) groups is 1. The van der Waals surface area contributed by atoms with Crippen LogP contribution in [0.3, 0.4) is 0 Å². The molecule has 2 N–H and O–H groups in total. The Morgan fingerprint density at radius 2 is 2.04 bits per heavy atom. The highest BCUT2D eigenvalue weighted by Gasteiger charge is 2.10. The number of hydrogen-bond donors (Lipinski definition) is 2. The van der Waals surface area contributed by atoms with Crippen LogP contribution in [-0.2, 0) is 12.2 Å². The van der Waals surface area contributed by atoms with E-state index >= 15 is 0 Å². The average molecular weight is 393 g/mol. The molecule has 1 amide bonds. The second kappa shape index (κ2) is 9.95. The Morgan fingerprint density at radius 1 is 1.14 bits per heavy atom. The third-order valence-electron chi connectivity index (χ3n) is 4.36. The minimum absolute atomic E-state index is 0.174. The van der Waals surface area contributed by atoms with Gasteiger partial charge in [0.15, 0.2) is 0 Å². The van der Waals surface area contributed by atoms with E-state index in [9.17, 15) is 9.90 Å². The second-order valence-corrected chi connectivity index (χ2v) is 7.63. The van der Waals surface area contributed by atoms with Gasteiger partial charge < -0.3 is 10.4 Å². The number of nitrogens with zero attached hydrogens (tertiary/aromatic N) is 1. The number of phenolic OH excluding ortho intramolecular Hbond substituents is 1. The first-order chi connectivity index (χ1) is 13.7. The Morgan fingerprint density at radius 3 is 2.82 bits per heavy atom. The van der Waals surface area contributed by atoms with E-state index in [0.717, 1.165) is 46.7 Å². The standard InChI is InChI=1S/C23H24N2O2S/c1-2-3-7-18-13-19(10-11-22(18)26)23(27)25-20-8-4-9-21(14-20)28-16-17-6-5-12-24-15-17/h4-6,8-15,26H,2-3,7,16H2,1H3,(H,25,27). The number of aryl methyl sites for hydroxylation is 1. The molecule has 28 heavy (non-hydrogen) atoms. The van der Waals surface area contributed by atoms with Gasteiger partial charge in [0.25, 0.3) is 5.91 Å². The number of pyridine rings is 1. The van der Waals surface area contributed by atoms with Crippen molar-refractivity contribution in [3.63, 3.8) is 0 Å². The van der Waals surface area contributed by atoms with Gasteiger partial charge in [-0.15, -0.1) is 11.8 Å². The van der Waals surface area contributed by atoms with Gasteiger partial charge >= 0.3 is 0 Å². The topological polar surface area (TPSA) is 62.2 Å². The van der Waals surface area contributed by atoms with E-state index in [-0.39, 0.29) is 11.7 Å². The lowest BCUT2D eigenvalue weighted by Crippen LogP contribution is -2.12. The maximum absolute atomic E-state index is 12.6. The average Bonchev–Trinajstić information content (AvgIpc) is 2.72. The summed E-state index contributed by atoms with van der Waals surface area (Å²) in [4.78, 5) is 17.8. The molecule has 0 aliphatic rings. The SMILES string of the molecule is CCCCc1cc(C(=O)Nc2cccc(SCc3cccnc3)c2)ccc1O. The maximum atomic E-state index is 12.6. The molecule has 1 aromatic heterocycles. The predicted molar refractivity (Wildman–Crippen MR) is 115 cm³/mol. The van der Waals surface area contributed by atoms with Crippen LogP contribution in [0, 0.1) is 0 Å². The van der Waals surface area contributed by atoms with Crippen LogP contribution in [-0.4, -0.2) is 16.0 Å². The molecule has 0 saturated carbocycles. The maximum Gasteiger partial charge on any atom is 0.255 e. The van der Waals surface area contributed by atoms with E-state index in [1.807, 2.05) is 42.6 Å². The molecule has 0 saturated heterocycles. The van der Waals surface area contributed by atoms with Crippen LogP contribution < -0.4 is 5.32 Å². The molecule has 4 nitrogen and oxygen atoms in total. The summed E-state index contributed by atoms with van der Waals surface area (Å²) in [6, 6.07) is 16.8. The van der Waals surface area contributed by atoms with Crippen LogP contribution in [0.25, 0.3) is 0 Å². The molecular weight excluding hydrogens is 368 g/mol. The molecular formula is C23H24N2O2S. The molecule has 0 aliphatic heterocycles. The van der Waals surface area contributed by atoms with Gasteiger partial charge in [0, 0.05) is 34.3 Å². The van der Waals surface area contributed by atoms with Crippen molar-refractivity contribution in [2.45, 2.75) is 36.8 Å². The number of rotatable bonds is 8. The minimum atomic E-state index is -0.174. The van der Waals surface area contributed by atoms with Crippen molar-refractivity contribution in [1.29, 1.82) is 0 Å². The third-order valence-corrected chi connectivity index (χ3v) is 5.43. The lowest BCUT2D eigenvalue weighted by Gasteiger charge is -2.10. The van der Waals surface area contributed by atoms with Gasteiger partial charge in [-0.25, -0.2) is 0 Å². The molecule has 144 valence electrons. The lowest BCUT2D eigenvalue weighted by molar-refractivity contribution is 0.102. The largest absolute Gasteiger partial charge is 0.508 e. The Kier molecular flexibility index (Phi) is 7.09. The predicted octanol–water partition coefficient (Wildman–Crippen LogP) is 5.67. The summed E-state index contributed by atoms with van der Waals surface area (Å²) in [5.41, 5.74) is 3.28. The molecule has 0 radical (unpaired) electrons. The quantitative estimate of drug-likeness (QED) is 0.485. The third kappa shape index (κ3) is 5.60. The molecule has 1 heterocycles. The number of thioether (sulfide) groups is 1. The molecule has 0 fully saturated rings. The summed E-state index contributed by atoms with van der Waals surface area (Å²) in [5.74, 6) is 0.898. The second-order valence-electron chi connectivity index (χ2n) is 6.58. The van der Waals surface area contributed by atoms with Crippen molar-refractivity contribution in [1.82, 2.24) is 4.98 Å². The molecule has 0 atom stereocenters. The van der Waals surface area contributed by atoms with E-state index in [1.165, 1.54) is 0 Å². The highest BCUT2D eigenvalue weighted by molar-refractivity contribution is 7.98. The van der Waals surface area contributed by atoms with E-state index in [2.05, 4.69) is 17.2 Å². The van der Waals surface area contributed by atoms with Crippen molar-refractivity contribution in [2.24, 2.45) is 0 Å². The fourth-order valence-corrected chi connectivity index (χ4v) is 3.70. The summed E-state index contributed by atoms with van der Waals surface area (Å²) in [7, 11) is 0.